The van der Waals surface area contributed by atoms with Gasteiger partial charge in [-0.2, -0.15) is 0 Å². The lowest BCUT2D eigenvalue weighted by Gasteiger charge is -2.06. The van der Waals surface area contributed by atoms with E-state index in [9.17, 15) is 0 Å². The van der Waals surface area contributed by atoms with Gasteiger partial charge in [-0.25, -0.2) is 9.97 Å². The second-order valence-electron chi connectivity index (χ2n) is 3.59. The summed E-state index contributed by atoms with van der Waals surface area (Å²) < 4.78 is 0. The lowest BCUT2D eigenvalue weighted by Crippen LogP contribution is -2.01. The van der Waals surface area contributed by atoms with Gasteiger partial charge in [-0.05, 0) is 24.1 Å². The van der Waals surface area contributed by atoms with Gasteiger partial charge in [0.05, 0.1) is 0 Å². The zero-order chi connectivity index (χ0) is 12.3. The van der Waals surface area contributed by atoms with E-state index < -0.39 is 0 Å². The highest BCUT2D eigenvalue weighted by atomic mass is 35.5. The minimum Gasteiger partial charge on any atom is -0.265 e. The van der Waals surface area contributed by atoms with Gasteiger partial charge in [0.2, 0.25) is 0 Å². The van der Waals surface area contributed by atoms with Crippen molar-refractivity contribution in [3.63, 3.8) is 0 Å². The standard InChI is InChI=1S/C12H11Cl2N3/c1-2-9-11(13)16-10(17-12(9)14)7-8-3-5-15-6-4-8/h3-6H,2,7H2,1H3. The molecule has 0 aliphatic rings. The summed E-state index contributed by atoms with van der Waals surface area (Å²) in [4.78, 5) is 12.5. The van der Waals surface area contributed by atoms with E-state index in [0.717, 1.165) is 17.5 Å². The van der Waals surface area contributed by atoms with Gasteiger partial charge in [0.15, 0.2) is 0 Å². The molecule has 0 unspecified atom stereocenters. The van der Waals surface area contributed by atoms with Gasteiger partial charge in [-0.3, -0.25) is 4.98 Å². The molecule has 0 spiro atoms. The Morgan fingerprint density at radius 1 is 1.06 bits per heavy atom. The van der Waals surface area contributed by atoms with Crippen molar-refractivity contribution in [3.05, 3.63) is 51.8 Å². The number of hydrogen-bond acceptors (Lipinski definition) is 3. The largest absolute Gasteiger partial charge is 0.265 e. The number of aromatic nitrogens is 3. The number of nitrogens with zero attached hydrogens (tertiary/aromatic N) is 3. The van der Waals surface area contributed by atoms with Crippen molar-refractivity contribution in [2.24, 2.45) is 0 Å². The molecule has 2 aromatic heterocycles. The molecule has 0 N–H and O–H groups in total. The first-order chi connectivity index (χ1) is 8.20. The van der Waals surface area contributed by atoms with Gasteiger partial charge in [0, 0.05) is 24.4 Å². The summed E-state index contributed by atoms with van der Waals surface area (Å²) >= 11 is 12.1. The predicted molar refractivity (Wildman–Crippen MR) is 68.5 cm³/mol. The molecule has 0 saturated heterocycles. The summed E-state index contributed by atoms with van der Waals surface area (Å²) in [5.74, 6) is 0.628. The fraction of sp³-hybridized carbons (Fsp3) is 0.250. The van der Waals surface area contributed by atoms with E-state index in [-0.39, 0.29) is 0 Å². The monoisotopic (exact) mass is 267 g/mol. The average Bonchev–Trinajstić information content (AvgIpc) is 2.30. The first-order valence-corrected chi connectivity index (χ1v) is 6.06. The average molecular weight is 268 g/mol. The van der Waals surface area contributed by atoms with Crippen LogP contribution in [0.1, 0.15) is 23.9 Å². The minimum absolute atomic E-state index is 0.441. The minimum atomic E-state index is 0.441. The lowest BCUT2D eigenvalue weighted by molar-refractivity contribution is 0.934. The second-order valence-corrected chi connectivity index (χ2v) is 4.30. The highest BCUT2D eigenvalue weighted by molar-refractivity contribution is 6.34. The van der Waals surface area contributed by atoms with E-state index in [1.807, 2.05) is 19.1 Å². The Morgan fingerprint density at radius 3 is 2.18 bits per heavy atom. The Hall–Kier alpha value is -1.19. The van der Waals surface area contributed by atoms with E-state index in [2.05, 4.69) is 15.0 Å². The molecular weight excluding hydrogens is 257 g/mol. The van der Waals surface area contributed by atoms with Crippen molar-refractivity contribution in [1.29, 1.82) is 0 Å². The molecule has 3 nitrogen and oxygen atoms in total. The summed E-state index contributed by atoms with van der Waals surface area (Å²) in [5, 5.41) is 0.883. The molecule has 0 atom stereocenters. The van der Waals surface area contributed by atoms with E-state index >= 15 is 0 Å². The molecule has 88 valence electrons. The van der Waals surface area contributed by atoms with Crippen molar-refractivity contribution in [1.82, 2.24) is 15.0 Å². The Morgan fingerprint density at radius 2 is 1.65 bits per heavy atom. The lowest BCUT2D eigenvalue weighted by atomic mass is 10.2. The van der Waals surface area contributed by atoms with Crippen LogP contribution in [0.4, 0.5) is 0 Å². The second kappa shape index (κ2) is 5.43. The third-order valence-corrected chi connectivity index (χ3v) is 3.04. The van der Waals surface area contributed by atoms with Gasteiger partial charge in [0.1, 0.15) is 16.1 Å². The Labute approximate surface area is 110 Å². The van der Waals surface area contributed by atoms with Crippen molar-refractivity contribution < 1.29 is 0 Å². The molecule has 2 rings (SSSR count). The van der Waals surface area contributed by atoms with Gasteiger partial charge in [-0.1, -0.05) is 30.1 Å². The van der Waals surface area contributed by atoms with Gasteiger partial charge < -0.3 is 0 Å². The van der Waals surface area contributed by atoms with Crippen molar-refractivity contribution >= 4 is 23.2 Å². The normalized spacial score (nSPS) is 10.5. The highest BCUT2D eigenvalue weighted by Gasteiger charge is 2.10. The van der Waals surface area contributed by atoms with Gasteiger partial charge >= 0.3 is 0 Å². The molecule has 2 heterocycles. The van der Waals surface area contributed by atoms with Gasteiger partial charge in [0.25, 0.3) is 0 Å². The van der Waals surface area contributed by atoms with Crippen molar-refractivity contribution in [2.75, 3.05) is 0 Å². The maximum absolute atomic E-state index is 6.05. The number of rotatable bonds is 3. The molecule has 0 amide bonds. The quantitative estimate of drug-likeness (QED) is 0.801. The molecule has 0 aliphatic carbocycles. The summed E-state index contributed by atoms with van der Waals surface area (Å²) in [7, 11) is 0. The van der Waals surface area contributed by atoms with Crippen LogP contribution in [0.2, 0.25) is 10.3 Å². The van der Waals surface area contributed by atoms with Gasteiger partial charge in [-0.15, -0.1) is 0 Å². The summed E-state index contributed by atoms with van der Waals surface area (Å²) in [6.45, 7) is 1.97. The fourth-order valence-electron chi connectivity index (χ4n) is 1.53. The maximum Gasteiger partial charge on any atom is 0.137 e. The molecule has 0 bridgehead atoms. The van der Waals surface area contributed by atoms with E-state index in [0.29, 0.717) is 22.6 Å². The molecule has 17 heavy (non-hydrogen) atoms. The van der Waals surface area contributed by atoms with Crippen molar-refractivity contribution in [2.45, 2.75) is 19.8 Å². The van der Waals surface area contributed by atoms with Crippen LogP contribution in [0.25, 0.3) is 0 Å². The molecule has 2 aromatic rings. The zero-order valence-electron chi connectivity index (χ0n) is 9.32. The third-order valence-electron chi connectivity index (χ3n) is 2.42. The van der Waals surface area contributed by atoms with Crippen LogP contribution in [0.15, 0.2) is 24.5 Å². The number of hydrogen-bond donors (Lipinski definition) is 0. The molecule has 5 heteroatoms. The number of pyridine rings is 1. The van der Waals surface area contributed by atoms with Crippen LogP contribution in [0, 0.1) is 0 Å². The van der Waals surface area contributed by atoms with Crippen LogP contribution >= 0.6 is 23.2 Å². The zero-order valence-corrected chi connectivity index (χ0v) is 10.8. The molecule has 0 aromatic carbocycles. The number of halogens is 2. The Kier molecular flexibility index (Phi) is 3.92. The SMILES string of the molecule is CCc1c(Cl)nc(Cc2ccncc2)nc1Cl. The topological polar surface area (TPSA) is 38.7 Å². The fourth-order valence-corrected chi connectivity index (χ4v) is 2.22. The van der Waals surface area contributed by atoms with Crippen LogP contribution in [0.3, 0.4) is 0 Å². The van der Waals surface area contributed by atoms with E-state index in [1.54, 1.807) is 12.4 Å². The Balaban J connectivity index is 2.29. The van der Waals surface area contributed by atoms with E-state index in [4.69, 9.17) is 23.2 Å². The smallest absolute Gasteiger partial charge is 0.137 e. The third kappa shape index (κ3) is 2.93. The van der Waals surface area contributed by atoms with Crippen LogP contribution < -0.4 is 0 Å². The first kappa shape index (κ1) is 12.3. The molecule has 0 saturated carbocycles. The molecule has 0 fully saturated rings. The molecule has 0 aliphatic heterocycles. The predicted octanol–water partition coefficient (Wildman–Crippen LogP) is 3.33. The first-order valence-electron chi connectivity index (χ1n) is 5.30. The van der Waals surface area contributed by atoms with Crippen LogP contribution in [-0.4, -0.2) is 15.0 Å². The summed E-state index contributed by atoms with van der Waals surface area (Å²) in [6.07, 6.45) is 4.80. The maximum atomic E-state index is 6.05. The highest BCUT2D eigenvalue weighted by Crippen LogP contribution is 2.22. The van der Waals surface area contributed by atoms with Crippen LogP contribution in [0.5, 0.6) is 0 Å². The Bertz CT molecular complexity index is 491. The van der Waals surface area contributed by atoms with E-state index in [1.165, 1.54) is 0 Å². The molecular formula is C12H11Cl2N3. The summed E-state index contributed by atoms with van der Waals surface area (Å²) in [5.41, 5.74) is 1.88. The summed E-state index contributed by atoms with van der Waals surface area (Å²) in [6, 6.07) is 3.83. The molecule has 0 radical (unpaired) electrons. The van der Waals surface area contributed by atoms with Crippen molar-refractivity contribution in [3.8, 4) is 0 Å². The van der Waals surface area contributed by atoms with Crippen LogP contribution in [-0.2, 0) is 12.8 Å².